The number of aromatic nitrogens is 3. The Balaban J connectivity index is 2.22. The molecule has 18 heavy (non-hydrogen) atoms. The summed E-state index contributed by atoms with van der Waals surface area (Å²) in [5.41, 5.74) is 8.70. The Labute approximate surface area is 108 Å². The number of halogens is 1. The molecule has 0 saturated carbocycles. The SMILES string of the molecule is Nc1cnc(Cl)nc1-c1cnc2ccccc2c1. The van der Waals surface area contributed by atoms with E-state index in [4.69, 9.17) is 17.3 Å². The largest absolute Gasteiger partial charge is 0.396 e. The van der Waals surface area contributed by atoms with Gasteiger partial charge >= 0.3 is 0 Å². The quantitative estimate of drug-likeness (QED) is 0.680. The molecule has 5 heteroatoms. The van der Waals surface area contributed by atoms with Gasteiger partial charge in [-0.15, -0.1) is 0 Å². The molecule has 0 amide bonds. The van der Waals surface area contributed by atoms with Crippen molar-refractivity contribution in [3.63, 3.8) is 0 Å². The summed E-state index contributed by atoms with van der Waals surface area (Å²) in [6.45, 7) is 0. The molecule has 0 saturated heterocycles. The number of hydrogen-bond acceptors (Lipinski definition) is 4. The van der Waals surface area contributed by atoms with Crippen molar-refractivity contribution < 1.29 is 0 Å². The van der Waals surface area contributed by atoms with E-state index in [2.05, 4.69) is 15.0 Å². The van der Waals surface area contributed by atoms with Crippen LogP contribution in [0.2, 0.25) is 5.28 Å². The zero-order valence-electron chi connectivity index (χ0n) is 9.34. The van der Waals surface area contributed by atoms with E-state index in [1.807, 2.05) is 30.3 Å². The van der Waals surface area contributed by atoms with E-state index < -0.39 is 0 Å². The molecule has 0 spiro atoms. The number of pyridine rings is 1. The predicted octanol–water partition coefficient (Wildman–Crippen LogP) is 2.93. The first-order valence-corrected chi connectivity index (χ1v) is 5.75. The third kappa shape index (κ3) is 1.87. The van der Waals surface area contributed by atoms with Crippen LogP contribution in [0.3, 0.4) is 0 Å². The predicted molar refractivity (Wildman–Crippen MR) is 72.2 cm³/mol. The molecule has 2 N–H and O–H groups in total. The summed E-state index contributed by atoms with van der Waals surface area (Å²) in [7, 11) is 0. The molecule has 2 aromatic heterocycles. The zero-order valence-corrected chi connectivity index (χ0v) is 10.1. The smallest absolute Gasteiger partial charge is 0.223 e. The van der Waals surface area contributed by atoms with Gasteiger partial charge in [-0.2, -0.15) is 0 Å². The average Bonchev–Trinajstić information content (AvgIpc) is 2.41. The van der Waals surface area contributed by atoms with Gasteiger partial charge in [0.05, 0.1) is 23.1 Å². The van der Waals surface area contributed by atoms with Crippen LogP contribution in [-0.2, 0) is 0 Å². The second-order valence-electron chi connectivity index (χ2n) is 3.86. The fourth-order valence-electron chi connectivity index (χ4n) is 1.80. The van der Waals surface area contributed by atoms with Crippen LogP contribution in [0.4, 0.5) is 5.69 Å². The number of para-hydroxylation sites is 1. The minimum Gasteiger partial charge on any atom is -0.396 e. The molecule has 0 aliphatic carbocycles. The summed E-state index contributed by atoms with van der Waals surface area (Å²) >= 11 is 5.79. The van der Waals surface area contributed by atoms with Gasteiger partial charge in [0, 0.05) is 17.1 Å². The van der Waals surface area contributed by atoms with E-state index in [-0.39, 0.29) is 5.28 Å². The lowest BCUT2D eigenvalue weighted by Crippen LogP contribution is -1.96. The molecule has 0 atom stereocenters. The van der Waals surface area contributed by atoms with Crippen molar-refractivity contribution in [1.29, 1.82) is 0 Å². The van der Waals surface area contributed by atoms with Crippen molar-refractivity contribution in [1.82, 2.24) is 15.0 Å². The lowest BCUT2D eigenvalue weighted by Gasteiger charge is -2.05. The second-order valence-corrected chi connectivity index (χ2v) is 4.20. The third-order valence-corrected chi connectivity index (χ3v) is 2.83. The van der Waals surface area contributed by atoms with Crippen LogP contribution < -0.4 is 5.73 Å². The van der Waals surface area contributed by atoms with E-state index in [0.29, 0.717) is 11.4 Å². The van der Waals surface area contributed by atoms with Crippen LogP contribution in [0.25, 0.3) is 22.2 Å². The molecule has 1 aromatic carbocycles. The fourth-order valence-corrected chi connectivity index (χ4v) is 1.93. The Morgan fingerprint density at radius 2 is 1.89 bits per heavy atom. The number of hydrogen-bond donors (Lipinski definition) is 1. The minimum absolute atomic E-state index is 0.173. The first kappa shape index (κ1) is 10.9. The van der Waals surface area contributed by atoms with Crippen LogP contribution in [0.5, 0.6) is 0 Å². The number of rotatable bonds is 1. The molecule has 4 nitrogen and oxygen atoms in total. The summed E-state index contributed by atoms with van der Waals surface area (Å²) < 4.78 is 0. The highest BCUT2D eigenvalue weighted by Crippen LogP contribution is 2.26. The molecule has 0 aliphatic rings. The topological polar surface area (TPSA) is 64.7 Å². The van der Waals surface area contributed by atoms with Gasteiger partial charge < -0.3 is 5.73 Å². The van der Waals surface area contributed by atoms with Gasteiger partial charge in [-0.3, -0.25) is 4.98 Å². The fraction of sp³-hybridized carbons (Fsp3) is 0. The molecular weight excluding hydrogens is 248 g/mol. The van der Waals surface area contributed by atoms with Crippen LogP contribution in [0.1, 0.15) is 0 Å². The molecule has 0 unspecified atom stereocenters. The summed E-state index contributed by atoms with van der Waals surface area (Å²) in [6, 6.07) is 9.84. The number of nitrogen functional groups attached to an aromatic ring is 1. The average molecular weight is 257 g/mol. The zero-order chi connectivity index (χ0) is 12.5. The summed E-state index contributed by atoms with van der Waals surface area (Å²) in [5, 5.41) is 1.21. The molecule has 88 valence electrons. The Morgan fingerprint density at radius 1 is 1.06 bits per heavy atom. The number of nitrogens with two attached hydrogens (primary N) is 1. The molecule has 0 bridgehead atoms. The first-order chi connectivity index (χ1) is 8.74. The molecule has 0 fully saturated rings. The Hall–Kier alpha value is -2.20. The highest BCUT2D eigenvalue weighted by molar-refractivity contribution is 6.28. The second kappa shape index (κ2) is 4.23. The maximum Gasteiger partial charge on any atom is 0.223 e. The van der Waals surface area contributed by atoms with Crippen molar-refractivity contribution in [3.8, 4) is 11.3 Å². The maximum absolute atomic E-state index is 5.85. The van der Waals surface area contributed by atoms with Crippen LogP contribution >= 0.6 is 11.6 Å². The number of anilines is 1. The van der Waals surface area contributed by atoms with Crippen molar-refractivity contribution >= 4 is 28.2 Å². The van der Waals surface area contributed by atoms with Gasteiger partial charge in [0.2, 0.25) is 5.28 Å². The maximum atomic E-state index is 5.85. The monoisotopic (exact) mass is 256 g/mol. The standard InChI is InChI=1S/C13H9ClN4/c14-13-17-7-10(15)12(18-13)9-5-8-3-1-2-4-11(8)16-6-9/h1-7H,15H2. The van der Waals surface area contributed by atoms with Crippen molar-refractivity contribution in [3.05, 3.63) is 48.0 Å². The van der Waals surface area contributed by atoms with Crippen molar-refractivity contribution in [2.24, 2.45) is 0 Å². The highest BCUT2D eigenvalue weighted by Gasteiger charge is 2.07. The Bertz CT molecular complexity index is 727. The van der Waals surface area contributed by atoms with Crippen LogP contribution in [-0.4, -0.2) is 15.0 Å². The number of nitrogens with zero attached hydrogens (tertiary/aromatic N) is 3. The van der Waals surface area contributed by atoms with E-state index in [0.717, 1.165) is 16.5 Å². The van der Waals surface area contributed by atoms with Gasteiger partial charge in [-0.1, -0.05) is 18.2 Å². The highest BCUT2D eigenvalue weighted by atomic mass is 35.5. The number of benzene rings is 1. The summed E-state index contributed by atoms with van der Waals surface area (Å²) in [5.74, 6) is 0. The van der Waals surface area contributed by atoms with Gasteiger partial charge in [-0.05, 0) is 23.7 Å². The van der Waals surface area contributed by atoms with Crippen LogP contribution in [0, 0.1) is 0 Å². The first-order valence-electron chi connectivity index (χ1n) is 5.37. The van der Waals surface area contributed by atoms with Crippen molar-refractivity contribution in [2.45, 2.75) is 0 Å². The molecule has 3 rings (SSSR count). The lowest BCUT2D eigenvalue weighted by molar-refractivity contribution is 1.17. The molecule has 3 aromatic rings. The van der Waals surface area contributed by atoms with E-state index in [1.54, 1.807) is 6.20 Å². The van der Waals surface area contributed by atoms with Crippen molar-refractivity contribution in [2.75, 3.05) is 5.73 Å². The molecule has 2 heterocycles. The minimum atomic E-state index is 0.173. The van der Waals surface area contributed by atoms with E-state index >= 15 is 0 Å². The van der Waals surface area contributed by atoms with E-state index in [1.165, 1.54) is 6.20 Å². The summed E-state index contributed by atoms with van der Waals surface area (Å²) in [6.07, 6.45) is 3.23. The number of fused-ring (bicyclic) bond motifs is 1. The van der Waals surface area contributed by atoms with Gasteiger partial charge in [0.25, 0.3) is 0 Å². The molecular formula is C13H9ClN4. The normalized spacial score (nSPS) is 10.7. The third-order valence-electron chi connectivity index (χ3n) is 2.65. The summed E-state index contributed by atoms with van der Waals surface area (Å²) in [4.78, 5) is 12.3. The Morgan fingerprint density at radius 3 is 2.78 bits per heavy atom. The van der Waals surface area contributed by atoms with Gasteiger partial charge in [0.1, 0.15) is 0 Å². The van der Waals surface area contributed by atoms with Gasteiger partial charge in [-0.25, -0.2) is 9.97 Å². The van der Waals surface area contributed by atoms with Gasteiger partial charge in [0.15, 0.2) is 0 Å². The van der Waals surface area contributed by atoms with E-state index in [9.17, 15) is 0 Å². The van der Waals surface area contributed by atoms with Crippen LogP contribution in [0.15, 0.2) is 42.7 Å². The lowest BCUT2D eigenvalue weighted by atomic mass is 10.1. The molecule has 0 radical (unpaired) electrons. The molecule has 0 aliphatic heterocycles. The Kier molecular flexibility index (Phi) is 2.57.